The van der Waals surface area contributed by atoms with Crippen molar-refractivity contribution in [3.8, 4) is 0 Å². The van der Waals surface area contributed by atoms with Crippen LogP contribution < -0.4 is 0 Å². The van der Waals surface area contributed by atoms with E-state index in [1.165, 1.54) is 6.04 Å². The van der Waals surface area contributed by atoms with Gasteiger partial charge in [0.2, 0.25) is 0 Å². The molecule has 0 atom stereocenters. The van der Waals surface area contributed by atoms with Crippen molar-refractivity contribution < 1.29 is 14.0 Å². The monoisotopic (exact) mass is 180 g/mol. The van der Waals surface area contributed by atoms with Crippen LogP contribution in [-0.2, 0) is 8.85 Å². The average molecular weight is 180 g/mol. The molecule has 0 saturated carbocycles. The van der Waals surface area contributed by atoms with Crippen molar-refractivity contribution in [1.29, 1.82) is 0 Å². The van der Waals surface area contributed by atoms with E-state index in [9.17, 15) is 0 Å². The lowest BCUT2D eigenvalue weighted by Crippen LogP contribution is -2.02. The molecule has 0 aliphatic rings. The summed E-state index contributed by atoms with van der Waals surface area (Å²) >= 11 is 0. The van der Waals surface area contributed by atoms with Crippen molar-refractivity contribution in [2.45, 2.75) is 12.5 Å². The third-order valence-corrected chi connectivity index (χ3v) is 3.54. The van der Waals surface area contributed by atoms with Gasteiger partial charge in [0.05, 0.1) is 13.2 Å². The maximum absolute atomic E-state index is 8.33. The maximum Gasteiger partial charge on any atom is 0.145 e. The van der Waals surface area contributed by atoms with Gasteiger partial charge in [-0.3, -0.25) is 0 Å². The smallest absolute Gasteiger partial charge is 0.145 e. The predicted octanol–water partition coefficient (Wildman–Crippen LogP) is -1.82. The van der Waals surface area contributed by atoms with Gasteiger partial charge in [-0.25, -0.2) is 0 Å². The van der Waals surface area contributed by atoms with Crippen LogP contribution in [0, 0.1) is 0 Å². The van der Waals surface area contributed by atoms with E-state index in [1.807, 2.05) is 0 Å². The summed E-state index contributed by atoms with van der Waals surface area (Å²) in [5.41, 5.74) is 0. The van der Waals surface area contributed by atoms with E-state index in [2.05, 4.69) is 0 Å². The molecular formula is C5H16O3Si2. The van der Waals surface area contributed by atoms with Gasteiger partial charge in [-0.15, -0.1) is 0 Å². The molecule has 0 amide bonds. The first-order valence-electron chi connectivity index (χ1n) is 3.59. The van der Waals surface area contributed by atoms with Crippen LogP contribution in [-0.4, -0.2) is 45.2 Å². The molecule has 3 nitrogen and oxygen atoms in total. The highest BCUT2D eigenvalue weighted by molar-refractivity contribution is 6.34. The van der Waals surface area contributed by atoms with E-state index >= 15 is 0 Å². The molecule has 0 heterocycles. The first-order valence-corrected chi connectivity index (χ1v) is 5.98. The molecule has 5 heteroatoms. The fourth-order valence-electron chi connectivity index (χ4n) is 0.617. The second-order valence-corrected chi connectivity index (χ2v) is 5.46. The summed E-state index contributed by atoms with van der Waals surface area (Å²) < 4.78 is 10.2. The molecule has 0 aromatic rings. The summed E-state index contributed by atoms with van der Waals surface area (Å²) in [6.07, 6.45) is 1.09. The Balaban J connectivity index is 2.65. The molecule has 0 radical (unpaired) electrons. The van der Waals surface area contributed by atoms with E-state index in [-0.39, 0.29) is 16.4 Å². The van der Waals surface area contributed by atoms with Crippen molar-refractivity contribution in [3.63, 3.8) is 0 Å². The molecule has 0 spiro atoms. The lowest BCUT2D eigenvalue weighted by molar-refractivity contribution is 0.0926. The molecule has 0 unspecified atom stereocenters. The number of aliphatic hydroxyl groups is 1. The second kappa shape index (κ2) is 9.31. The summed E-state index contributed by atoms with van der Waals surface area (Å²) in [4.78, 5) is 0. The standard InChI is InChI=1S/C5H16O3Si2/c6-2-4-7-3-1-5-10-8-9/h6H,1-5,10H2,9H3. The predicted molar refractivity (Wildman–Crippen MR) is 46.9 cm³/mol. The molecule has 0 rings (SSSR count). The van der Waals surface area contributed by atoms with Gasteiger partial charge in [0, 0.05) is 6.61 Å². The molecule has 0 aromatic heterocycles. The third kappa shape index (κ3) is 8.31. The molecule has 1 N–H and O–H groups in total. The van der Waals surface area contributed by atoms with E-state index in [0.29, 0.717) is 6.61 Å². The van der Waals surface area contributed by atoms with Crippen LogP contribution in [0.25, 0.3) is 0 Å². The Morgan fingerprint density at radius 3 is 2.80 bits per heavy atom. The first-order chi connectivity index (χ1) is 4.91. The lowest BCUT2D eigenvalue weighted by Gasteiger charge is -2.00. The lowest BCUT2D eigenvalue weighted by atomic mass is 10.5. The van der Waals surface area contributed by atoms with Gasteiger partial charge < -0.3 is 14.0 Å². The molecule has 0 aliphatic carbocycles. The zero-order valence-corrected chi connectivity index (χ0v) is 9.92. The normalized spacial score (nSPS) is 11.7. The van der Waals surface area contributed by atoms with Crippen molar-refractivity contribution >= 4 is 20.2 Å². The Bertz CT molecular complexity index is 54.9. The van der Waals surface area contributed by atoms with E-state index in [1.54, 1.807) is 0 Å². The van der Waals surface area contributed by atoms with E-state index < -0.39 is 0 Å². The van der Waals surface area contributed by atoms with Gasteiger partial charge in [0.1, 0.15) is 20.2 Å². The van der Waals surface area contributed by atoms with Crippen LogP contribution >= 0.6 is 0 Å². The van der Waals surface area contributed by atoms with Gasteiger partial charge >= 0.3 is 0 Å². The highest BCUT2D eigenvalue weighted by atomic mass is 28.3. The van der Waals surface area contributed by atoms with Gasteiger partial charge in [-0.1, -0.05) is 0 Å². The Morgan fingerprint density at radius 1 is 1.40 bits per heavy atom. The largest absolute Gasteiger partial charge is 0.468 e. The van der Waals surface area contributed by atoms with E-state index in [4.69, 9.17) is 14.0 Å². The molecular weight excluding hydrogens is 164 g/mol. The Morgan fingerprint density at radius 2 is 2.20 bits per heavy atom. The van der Waals surface area contributed by atoms with Gasteiger partial charge in [-0.05, 0) is 12.5 Å². The zero-order valence-electron chi connectivity index (χ0n) is 6.51. The SMILES string of the molecule is OCCOCCC[SiH2]O[SiH3]. The number of hydrogen-bond acceptors (Lipinski definition) is 3. The quantitative estimate of drug-likeness (QED) is 0.371. The molecule has 0 bridgehead atoms. The minimum Gasteiger partial charge on any atom is -0.468 e. The fourth-order valence-corrected chi connectivity index (χ4v) is 2.18. The molecule has 0 aromatic carbocycles. The second-order valence-electron chi connectivity index (χ2n) is 2.04. The van der Waals surface area contributed by atoms with Gasteiger partial charge in [0.25, 0.3) is 0 Å². The molecule has 0 fully saturated rings. The molecule has 0 saturated heterocycles. The summed E-state index contributed by atoms with van der Waals surface area (Å²) in [5.74, 6) is 0. The van der Waals surface area contributed by atoms with Crippen molar-refractivity contribution in [2.75, 3.05) is 19.8 Å². The van der Waals surface area contributed by atoms with Crippen molar-refractivity contribution in [2.24, 2.45) is 0 Å². The van der Waals surface area contributed by atoms with Crippen LogP contribution in [0.2, 0.25) is 6.04 Å². The van der Waals surface area contributed by atoms with Crippen LogP contribution in [0.4, 0.5) is 0 Å². The Kier molecular flexibility index (Phi) is 9.61. The topological polar surface area (TPSA) is 38.7 Å². The molecule has 0 aliphatic heterocycles. The number of ether oxygens (including phenoxy) is 1. The van der Waals surface area contributed by atoms with Crippen LogP contribution in [0.5, 0.6) is 0 Å². The Labute approximate surface area is 67.2 Å². The Hall–Kier alpha value is 0.314. The number of aliphatic hydroxyl groups excluding tert-OH is 1. The average Bonchev–Trinajstić information content (AvgIpc) is 1.97. The van der Waals surface area contributed by atoms with Gasteiger partial charge in [-0.2, -0.15) is 0 Å². The highest BCUT2D eigenvalue weighted by Gasteiger charge is 1.88. The minimum absolute atomic E-state index is 0.134. The van der Waals surface area contributed by atoms with Crippen molar-refractivity contribution in [1.82, 2.24) is 0 Å². The van der Waals surface area contributed by atoms with Crippen molar-refractivity contribution in [3.05, 3.63) is 0 Å². The summed E-state index contributed by atoms with van der Waals surface area (Å²) in [5, 5.41) is 8.33. The highest BCUT2D eigenvalue weighted by Crippen LogP contribution is 1.88. The van der Waals surface area contributed by atoms with Crippen LogP contribution in [0.15, 0.2) is 0 Å². The fraction of sp³-hybridized carbons (Fsp3) is 1.00. The van der Waals surface area contributed by atoms with Crippen LogP contribution in [0.1, 0.15) is 6.42 Å². The van der Waals surface area contributed by atoms with Crippen LogP contribution in [0.3, 0.4) is 0 Å². The maximum atomic E-state index is 8.33. The summed E-state index contributed by atoms with van der Waals surface area (Å²) in [6, 6.07) is 1.20. The number of rotatable bonds is 7. The minimum atomic E-state index is -0.193. The first kappa shape index (κ1) is 10.3. The molecule has 62 valence electrons. The summed E-state index contributed by atoms with van der Waals surface area (Å²) in [7, 11) is 0.696. The third-order valence-electron chi connectivity index (χ3n) is 1.12. The van der Waals surface area contributed by atoms with Gasteiger partial charge in [0.15, 0.2) is 0 Å². The zero-order chi connectivity index (χ0) is 7.66. The summed E-state index contributed by atoms with van der Waals surface area (Å²) in [6.45, 7) is 1.39. The number of hydrogen-bond donors (Lipinski definition) is 1. The molecule has 10 heavy (non-hydrogen) atoms. The van der Waals surface area contributed by atoms with E-state index in [0.717, 1.165) is 23.5 Å².